The second-order valence-electron chi connectivity index (χ2n) is 4.41. The smallest absolute Gasteiger partial charge is 0.118 e. The molecule has 0 aromatic heterocycles. The van der Waals surface area contributed by atoms with Crippen LogP contribution in [0.4, 0.5) is 0 Å². The summed E-state index contributed by atoms with van der Waals surface area (Å²) >= 11 is 7.04. The number of rotatable bonds is 5. The molecule has 0 fully saturated rings. The first-order valence-corrected chi connectivity index (χ1v) is 8.57. The van der Waals surface area contributed by atoms with Crippen molar-refractivity contribution in [3.63, 3.8) is 0 Å². The standard InChI is InChI=1S/C17H16Br2O/c1-20-17-8-4-13(5-9-17)2-6-15-10-14(11-18)3-7-16(15)12-19/h2-10H,11-12H2,1H3. The lowest BCUT2D eigenvalue weighted by Gasteiger charge is -2.05. The summed E-state index contributed by atoms with van der Waals surface area (Å²) < 4.78 is 5.16. The van der Waals surface area contributed by atoms with Crippen molar-refractivity contribution in [3.8, 4) is 5.75 Å². The van der Waals surface area contributed by atoms with Gasteiger partial charge in [-0.1, -0.05) is 74.3 Å². The van der Waals surface area contributed by atoms with Gasteiger partial charge in [0.25, 0.3) is 0 Å². The Bertz CT molecular complexity index is 588. The molecule has 0 atom stereocenters. The largest absolute Gasteiger partial charge is 0.497 e. The van der Waals surface area contributed by atoms with Crippen LogP contribution in [0.3, 0.4) is 0 Å². The van der Waals surface area contributed by atoms with Gasteiger partial charge < -0.3 is 4.74 Å². The van der Waals surface area contributed by atoms with Crippen LogP contribution in [-0.4, -0.2) is 7.11 Å². The van der Waals surface area contributed by atoms with Crippen LogP contribution < -0.4 is 4.74 Å². The molecule has 0 radical (unpaired) electrons. The van der Waals surface area contributed by atoms with E-state index in [-0.39, 0.29) is 0 Å². The lowest BCUT2D eigenvalue weighted by Crippen LogP contribution is -1.87. The highest BCUT2D eigenvalue weighted by atomic mass is 79.9. The number of ether oxygens (including phenoxy) is 1. The summed E-state index contributed by atoms with van der Waals surface area (Å²) in [6.07, 6.45) is 4.28. The van der Waals surface area contributed by atoms with E-state index in [1.54, 1.807) is 7.11 Å². The van der Waals surface area contributed by atoms with Crippen molar-refractivity contribution in [2.24, 2.45) is 0 Å². The number of halogens is 2. The lowest BCUT2D eigenvalue weighted by atomic mass is 10.0. The van der Waals surface area contributed by atoms with E-state index in [4.69, 9.17) is 4.74 Å². The number of hydrogen-bond acceptors (Lipinski definition) is 1. The van der Waals surface area contributed by atoms with E-state index in [9.17, 15) is 0 Å². The molecule has 0 saturated heterocycles. The maximum Gasteiger partial charge on any atom is 0.118 e. The number of methoxy groups -OCH3 is 1. The fraction of sp³-hybridized carbons (Fsp3) is 0.176. The van der Waals surface area contributed by atoms with Crippen LogP contribution in [0.5, 0.6) is 5.75 Å². The van der Waals surface area contributed by atoms with E-state index in [1.165, 1.54) is 16.7 Å². The molecule has 0 aliphatic rings. The van der Waals surface area contributed by atoms with Gasteiger partial charge >= 0.3 is 0 Å². The third-order valence-corrected chi connectivity index (χ3v) is 4.33. The van der Waals surface area contributed by atoms with E-state index < -0.39 is 0 Å². The molecular weight excluding hydrogens is 380 g/mol. The van der Waals surface area contributed by atoms with Crippen molar-refractivity contribution >= 4 is 44.0 Å². The molecule has 0 aliphatic heterocycles. The van der Waals surface area contributed by atoms with Gasteiger partial charge in [-0.15, -0.1) is 0 Å². The molecule has 2 aromatic rings. The second kappa shape index (κ2) is 7.65. The Hall–Kier alpha value is -1.06. The summed E-state index contributed by atoms with van der Waals surface area (Å²) in [7, 11) is 1.68. The van der Waals surface area contributed by atoms with Crippen molar-refractivity contribution in [1.82, 2.24) is 0 Å². The molecule has 2 rings (SSSR count). The van der Waals surface area contributed by atoms with Crippen molar-refractivity contribution < 1.29 is 4.74 Å². The Balaban J connectivity index is 2.24. The van der Waals surface area contributed by atoms with Gasteiger partial charge in [0.15, 0.2) is 0 Å². The average Bonchev–Trinajstić information content (AvgIpc) is 2.53. The highest BCUT2D eigenvalue weighted by molar-refractivity contribution is 9.08. The minimum absolute atomic E-state index is 0.859. The monoisotopic (exact) mass is 394 g/mol. The second-order valence-corrected chi connectivity index (χ2v) is 5.53. The molecule has 0 amide bonds. The molecule has 0 aliphatic carbocycles. The van der Waals surface area contributed by atoms with Crippen LogP contribution in [0, 0.1) is 0 Å². The molecule has 2 aromatic carbocycles. The average molecular weight is 396 g/mol. The zero-order valence-corrected chi connectivity index (χ0v) is 14.4. The summed E-state index contributed by atoms with van der Waals surface area (Å²) in [4.78, 5) is 0. The van der Waals surface area contributed by atoms with Gasteiger partial charge in [-0.05, 0) is 34.4 Å². The number of hydrogen-bond donors (Lipinski definition) is 0. The van der Waals surface area contributed by atoms with Gasteiger partial charge in [0.1, 0.15) is 5.75 Å². The van der Waals surface area contributed by atoms with Crippen LogP contribution in [0.25, 0.3) is 12.2 Å². The van der Waals surface area contributed by atoms with E-state index in [0.29, 0.717) is 0 Å². The predicted molar refractivity (Wildman–Crippen MR) is 93.6 cm³/mol. The minimum Gasteiger partial charge on any atom is -0.497 e. The maximum atomic E-state index is 5.16. The molecule has 0 heterocycles. The summed E-state index contributed by atoms with van der Waals surface area (Å²) in [5.41, 5.74) is 4.98. The zero-order valence-electron chi connectivity index (χ0n) is 11.3. The molecule has 104 valence electrons. The van der Waals surface area contributed by atoms with Crippen molar-refractivity contribution in [3.05, 3.63) is 64.7 Å². The molecule has 20 heavy (non-hydrogen) atoms. The van der Waals surface area contributed by atoms with Crippen LogP contribution in [0.15, 0.2) is 42.5 Å². The predicted octanol–water partition coefficient (Wildman–Crippen LogP) is 5.66. The highest BCUT2D eigenvalue weighted by Crippen LogP contribution is 2.20. The molecule has 0 N–H and O–H groups in total. The van der Waals surface area contributed by atoms with Gasteiger partial charge in [-0.25, -0.2) is 0 Å². The Labute approximate surface area is 136 Å². The molecule has 1 nitrogen and oxygen atoms in total. The SMILES string of the molecule is COc1ccc(C=Cc2cc(CBr)ccc2CBr)cc1. The van der Waals surface area contributed by atoms with E-state index in [1.807, 2.05) is 12.1 Å². The van der Waals surface area contributed by atoms with Gasteiger partial charge in [0, 0.05) is 10.7 Å². The first kappa shape index (κ1) is 15.3. The first-order valence-electron chi connectivity index (χ1n) is 6.32. The normalized spacial score (nSPS) is 10.9. The van der Waals surface area contributed by atoms with Gasteiger partial charge in [0.2, 0.25) is 0 Å². The molecule has 0 saturated carbocycles. The first-order chi connectivity index (χ1) is 9.76. The number of alkyl halides is 2. The fourth-order valence-corrected chi connectivity index (χ4v) is 2.76. The maximum absolute atomic E-state index is 5.16. The summed E-state index contributed by atoms with van der Waals surface area (Å²) in [5, 5.41) is 1.73. The van der Waals surface area contributed by atoms with E-state index >= 15 is 0 Å². The van der Waals surface area contributed by atoms with Gasteiger partial charge in [0.05, 0.1) is 7.11 Å². The molecule has 0 spiro atoms. The zero-order chi connectivity index (χ0) is 14.4. The lowest BCUT2D eigenvalue weighted by molar-refractivity contribution is 0.415. The minimum atomic E-state index is 0.859. The number of benzene rings is 2. The third kappa shape index (κ3) is 3.97. The van der Waals surface area contributed by atoms with Crippen molar-refractivity contribution in [2.45, 2.75) is 10.7 Å². The summed E-state index contributed by atoms with van der Waals surface area (Å²) in [6, 6.07) is 14.6. The summed E-state index contributed by atoms with van der Waals surface area (Å²) in [6.45, 7) is 0. The van der Waals surface area contributed by atoms with Crippen LogP contribution in [0.1, 0.15) is 22.3 Å². The van der Waals surface area contributed by atoms with Crippen LogP contribution >= 0.6 is 31.9 Å². The Kier molecular flexibility index (Phi) is 5.86. The van der Waals surface area contributed by atoms with Crippen molar-refractivity contribution in [1.29, 1.82) is 0 Å². The topological polar surface area (TPSA) is 9.23 Å². The van der Waals surface area contributed by atoms with E-state index in [2.05, 4.69) is 74.3 Å². The Morgan fingerprint density at radius 1 is 0.950 bits per heavy atom. The molecule has 0 unspecified atom stereocenters. The molecule has 0 bridgehead atoms. The molecular formula is C17H16Br2O. The molecule has 3 heteroatoms. The quantitative estimate of drug-likeness (QED) is 0.469. The third-order valence-electron chi connectivity index (χ3n) is 3.08. The highest BCUT2D eigenvalue weighted by Gasteiger charge is 2.00. The van der Waals surface area contributed by atoms with Crippen LogP contribution in [0.2, 0.25) is 0 Å². The van der Waals surface area contributed by atoms with E-state index in [0.717, 1.165) is 22.0 Å². The summed E-state index contributed by atoms with van der Waals surface area (Å²) in [5.74, 6) is 0.879. The Morgan fingerprint density at radius 3 is 2.30 bits per heavy atom. The van der Waals surface area contributed by atoms with Crippen LogP contribution in [-0.2, 0) is 10.7 Å². The van der Waals surface area contributed by atoms with Crippen molar-refractivity contribution in [2.75, 3.05) is 7.11 Å². The van der Waals surface area contributed by atoms with Gasteiger partial charge in [-0.2, -0.15) is 0 Å². The fourth-order valence-electron chi connectivity index (χ4n) is 1.91. The van der Waals surface area contributed by atoms with Gasteiger partial charge in [-0.3, -0.25) is 0 Å². The Morgan fingerprint density at radius 2 is 1.70 bits per heavy atom.